The summed E-state index contributed by atoms with van der Waals surface area (Å²) in [5.41, 5.74) is 5.72. The molecule has 0 spiro atoms. The first-order chi connectivity index (χ1) is 33.6. The normalized spacial score (nSPS) is 16.0. The van der Waals surface area contributed by atoms with Gasteiger partial charge >= 0.3 is 0 Å². The average Bonchev–Trinajstić information content (AvgIpc) is 4.26. The van der Waals surface area contributed by atoms with Crippen molar-refractivity contribution < 1.29 is 9.47 Å². The lowest BCUT2D eigenvalue weighted by atomic mass is 10.1. The fraction of sp³-hybridized carbons (Fsp3) is 0.444. The van der Waals surface area contributed by atoms with Crippen molar-refractivity contribution in [3.05, 3.63) is 95.6 Å². The number of anilines is 4. The number of rotatable bonds is 14. The van der Waals surface area contributed by atoms with Crippen molar-refractivity contribution >= 4 is 45.3 Å². The Labute approximate surface area is 401 Å². The molecular formula is C54H64N12O2. The Hall–Kier alpha value is -6.74. The van der Waals surface area contributed by atoms with Crippen LogP contribution in [0.5, 0.6) is 11.5 Å². The summed E-state index contributed by atoms with van der Waals surface area (Å²) in [6.45, 7) is 12.1. The number of pyridine rings is 2. The van der Waals surface area contributed by atoms with E-state index in [1.54, 1.807) is 26.6 Å². The van der Waals surface area contributed by atoms with Crippen molar-refractivity contribution in [2.75, 3.05) is 100 Å². The van der Waals surface area contributed by atoms with Crippen LogP contribution in [0.3, 0.4) is 0 Å². The molecule has 0 bridgehead atoms. The predicted octanol–water partition coefficient (Wildman–Crippen LogP) is 8.17. The molecule has 2 aromatic carbocycles. The third-order valence-electron chi connectivity index (χ3n) is 13.1. The van der Waals surface area contributed by atoms with Crippen LogP contribution < -0.4 is 29.9 Å². The van der Waals surface area contributed by atoms with Crippen LogP contribution in [0.15, 0.2) is 73.3 Å². The van der Waals surface area contributed by atoms with Crippen LogP contribution in [0.4, 0.5) is 23.5 Å². The highest BCUT2D eigenvalue weighted by molar-refractivity contribution is 5.94. The molecule has 0 saturated carbocycles. The molecule has 0 unspecified atom stereocenters. The molecule has 6 aromatic rings. The number of nitrogens with zero attached hydrogens (tertiary/aromatic N) is 10. The molecule has 4 aromatic heterocycles. The van der Waals surface area contributed by atoms with E-state index in [0.717, 1.165) is 131 Å². The first-order valence-corrected chi connectivity index (χ1v) is 24.6. The second-order valence-corrected chi connectivity index (χ2v) is 17.9. The zero-order valence-electron chi connectivity index (χ0n) is 39.8. The lowest BCUT2D eigenvalue weighted by Crippen LogP contribution is -2.21. The van der Waals surface area contributed by atoms with E-state index in [4.69, 9.17) is 29.4 Å². The van der Waals surface area contributed by atoms with Crippen LogP contribution >= 0.6 is 0 Å². The molecule has 2 N–H and O–H groups in total. The summed E-state index contributed by atoms with van der Waals surface area (Å²) in [5.74, 6) is 18.1. The minimum absolute atomic E-state index is 0.639. The number of hydrogen-bond donors (Lipinski definition) is 2. The van der Waals surface area contributed by atoms with E-state index in [0.29, 0.717) is 13.1 Å². The molecule has 4 saturated heterocycles. The molecule has 0 aliphatic carbocycles. The molecule has 10 rings (SSSR count). The Bertz CT molecular complexity index is 2540. The zero-order chi connectivity index (χ0) is 46.3. The van der Waals surface area contributed by atoms with E-state index in [9.17, 15) is 0 Å². The maximum atomic E-state index is 5.72. The van der Waals surface area contributed by atoms with Crippen molar-refractivity contribution in [2.24, 2.45) is 0 Å². The van der Waals surface area contributed by atoms with Crippen LogP contribution in [0.2, 0.25) is 0 Å². The minimum Gasteiger partial charge on any atom is -0.495 e. The SMILES string of the molecule is COc1cc2c(NCc3cccnc3)nc(N3CCCC3)nc2cc1C#CCCN1CCCC1.COc1cc2c(NCc3cccnc3)nc(N3CCCC3)nc2cc1C#CCCN1CCCC1. The second-order valence-electron chi connectivity index (χ2n) is 17.9. The Balaban J connectivity index is 0.000000170. The standard InChI is InChI=1S/2C27H32N6O/c2*1-34-25-18-23-24(17-22(25)10-2-3-12-32-13-4-5-14-32)30-27(33-15-6-7-16-33)31-26(23)29-20-21-9-8-11-28-19-21/h2*8-9,11,17-19H,3-7,12-16,20H2,1H3,(H,29,30,31). The number of methoxy groups -OCH3 is 2. The van der Waals surface area contributed by atoms with Gasteiger partial charge in [-0.3, -0.25) is 9.97 Å². The fourth-order valence-corrected chi connectivity index (χ4v) is 9.34. The van der Waals surface area contributed by atoms with Gasteiger partial charge in [-0.1, -0.05) is 35.8 Å². The summed E-state index contributed by atoms with van der Waals surface area (Å²) in [4.78, 5) is 37.6. The van der Waals surface area contributed by atoms with Crippen molar-refractivity contribution in [1.82, 2.24) is 39.7 Å². The van der Waals surface area contributed by atoms with Gasteiger partial charge in [0.05, 0.1) is 36.4 Å². The molecule has 0 amide bonds. The van der Waals surface area contributed by atoms with Crippen LogP contribution in [-0.4, -0.2) is 119 Å². The van der Waals surface area contributed by atoms with E-state index in [-0.39, 0.29) is 0 Å². The average molecular weight is 913 g/mol. The van der Waals surface area contributed by atoms with E-state index in [2.05, 4.69) is 76.0 Å². The molecule has 352 valence electrons. The number of benzene rings is 2. The molecule has 4 aliphatic rings. The second kappa shape index (κ2) is 23.3. The Kier molecular flexibility index (Phi) is 15.9. The maximum Gasteiger partial charge on any atom is 0.227 e. The van der Waals surface area contributed by atoms with Crippen molar-refractivity contribution in [2.45, 2.75) is 77.3 Å². The largest absolute Gasteiger partial charge is 0.495 e. The quantitative estimate of drug-likeness (QED) is 0.102. The molecule has 8 heterocycles. The molecular weight excluding hydrogens is 849 g/mol. The van der Waals surface area contributed by atoms with E-state index in [1.165, 1.54) is 77.5 Å². The number of ether oxygens (including phenoxy) is 2. The first-order valence-electron chi connectivity index (χ1n) is 24.6. The number of likely N-dealkylation sites (tertiary alicyclic amines) is 2. The molecule has 0 radical (unpaired) electrons. The lowest BCUT2D eigenvalue weighted by molar-refractivity contribution is 0.348. The van der Waals surface area contributed by atoms with E-state index in [1.807, 2.05) is 48.8 Å². The zero-order valence-corrected chi connectivity index (χ0v) is 39.8. The number of fused-ring (bicyclic) bond motifs is 2. The van der Waals surface area contributed by atoms with Gasteiger partial charge < -0.3 is 39.7 Å². The van der Waals surface area contributed by atoms with Crippen LogP contribution in [0, 0.1) is 23.7 Å². The van der Waals surface area contributed by atoms with Gasteiger partial charge in [0.25, 0.3) is 0 Å². The van der Waals surface area contributed by atoms with E-state index >= 15 is 0 Å². The smallest absolute Gasteiger partial charge is 0.227 e. The fourth-order valence-electron chi connectivity index (χ4n) is 9.34. The van der Waals surface area contributed by atoms with Gasteiger partial charge in [-0.2, -0.15) is 9.97 Å². The molecule has 4 fully saturated rings. The van der Waals surface area contributed by atoms with Crippen LogP contribution in [0.25, 0.3) is 21.8 Å². The first kappa shape index (κ1) is 46.4. The lowest BCUT2D eigenvalue weighted by Gasteiger charge is -2.18. The highest BCUT2D eigenvalue weighted by Crippen LogP contribution is 2.33. The topological polar surface area (TPSA) is 133 Å². The highest BCUT2D eigenvalue weighted by atomic mass is 16.5. The summed E-state index contributed by atoms with van der Waals surface area (Å²) in [6, 6.07) is 16.1. The Morgan fingerprint density at radius 1 is 0.529 bits per heavy atom. The van der Waals surface area contributed by atoms with Gasteiger partial charge in [0.15, 0.2) is 0 Å². The molecule has 14 nitrogen and oxygen atoms in total. The summed E-state index contributed by atoms with van der Waals surface area (Å²) < 4.78 is 11.4. The molecule has 4 aliphatic heterocycles. The number of aromatic nitrogens is 6. The number of hydrogen-bond acceptors (Lipinski definition) is 14. The monoisotopic (exact) mass is 913 g/mol. The van der Waals surface area contributed by atoms with Crippen molar-refractivity contribution in [1.29, 1.82) is 0 Å². The molecule has 0 atom stereocenters. The predicted molar refractivity (Wildman–Crippen MR) is 273 cm³/mol. The molecule has 14 heteroatoms. The van der Waals surface area contributed by atoms with E-state index < -0.39 is 0 Å². The third-order valence-corrected chi connectivity index (χ3v) is 13.1. The van der Waals surface area contributed by atoms with Gasteiger partial charge in [-0.05, 0) is 125 Å². The summed E-state index contributed by atoms with van der Waals surface area (Å²) in [7, 11) is 3.39. The van der Waals surface area contributed by atoms with Gasteiger partial charge in [-0.25, -0.2) is 9.97 Å². The number of nitrogens with one attached hydrogen (secondary N) is 2. The summed E-state index contributed by atoms with van der Waals surface area (Å²) >= 11 is 0. The van der Waals surface area contributed by atoms with Gasteiger partial charge in [0.1, 0.15) is 23.1 Å². The van der Waals surface area contributed by atoms with Gasteiger partial charge in [0.2, 0.25) is 11.9 Å². The van der Waals surface area contributed by atoms with Gasteiger partial charge in [-0.15, -0.1) is 0 Å². The van der Waals surface area contributed by atoms with Crippen molar-refractivity contribution in [3.8, 4) is 35.2 Å². The minimum atomic E-state index is 0.639. The summed E-state index contributed by atoms with van der Waals surface area (Å²) in [5, 5.41) is 8.89. The Morgan fingerprint density at radius 2 is 0.941 bits per heavy atom. The highest BCUT2D eigenvalue weighted by Gasteiger charge is 2.21. The third kappa shape index (κ3) is 12.0. The molecule has 68 heavy (non-hydrogen) atoms. The van der Waals surface area contributed by atoms with Crippen LogP contribution in [0.1, 0.15) is 86.5 Å². The maximum absolute atomic E-state index is 5.72. The van der Waals surface area contributed by atoms with Crippen molar-refractivity contribution in [3.63, 3.8) is 0 Å². The van der Waals surface area contributed by atoms with Gasteiger partial charge in [0, 0.05) is 101 Å². The van der Waals surface area contributed by atoms with Crippen LogP contribution in [-0.2, 0) is 13.1 Å². The Morgan fingerprint density at radius 3 is 1.32 bits per heavy atom. The summed E-state index contributed by atoms with van der Waals surface area (Å²) in [6.07, 6.45) is 19.0.